The first-order chi connectivity index (χ1) is 11.0. The largest absolute Gasteiger partial charge is 0.356 e. The van der Waals surface area contributed by atoms with E-state index in [4.69, 9.17) is 11.6 Å². The number of aromatic nitrogens is 2. The number of carbonyl (C=O) groups is 1. The van der Waals surface area contributed by atoms with Gasteiger partial charge in [-0.15, -0.1) is 0 Å². The Morgan fingerprint density at radius 1 is 1.35 bits per heavy atom. The van der Waals surface area contributed by atoms with Gasteiger partial charge in [-0.1, -0.05) is 23.7 Å². The van der Waals surface area contributed by atoms with Crippen LogP contribution in [-0.4, -0.2) is 22.2 Å². The van der Waals surface area contributed by atoms with E-state index < -0.39 is 0 Å². The van der Waals surface area contributed by atoms with Crippen molar-refractivity contribution in [1.29, 1.82) is 0 Å². The van der Waals surface area contributed by atoms with Crippen molar-refractivity contribution in [3.8, 4) is 0 Å². The number of aryl methyl sites for hydroxylation is 2. The molecule has 2 aromatic rings. The monoisotopic (exact) mass is 331 g/mol. The number of hydrogen-bond donors (Lipinski definition) is 1. The minimum Gasteiger partial charge on any atom is -0.356 e. The number of benzene rings is 1. The zero-order chi connectivity index (χ0) is 16.6. The molecule has 1 aliphatic rings. The van der Waals surface area contributed by atoms with Gasteiger partial charge in [0.05, 0.1) is 5.69 Å². The summed E-state index contributed by atoms with van der Waals surface area (Å²) in [4.78, 5) is 12.3. The maximum atomic E-state index is 12.3. The molecule has 0 saturated heterocycles. The molecule has 1 amide bonds. The summed E-state index contributed by atoms with van der Waals surface area (Å²) in [5.41, 5.74) is 4.65. The predicted octanol–water partition coefficient (Wildman–Crippen LogP) is 3.15. The summed E-state index contributed by atoms with van der Waals surface area (Å²) in [6.45, 7) is 4.74. The lowest BCUT2D eigenvalue weighted by Crippen LogP contribution is -2.27. The molecule has 4 nitrogen and oxygen atoms in total. The molecule has 0 bridgehead atoms. The van der Waals surface area contributed by atoms with Crippen LogP contribution in [-0.2, 0) is 18.3 Å². The van der Waals surface area contributed by atoms with Gasteiger partial charge in [-0.25, -0.2) is 0 Å². The third-order valence-electron chi connectivity index (χ3n) is 4.76. The van der Waals surface area contributed by atoms with Crippen LogP contribution in [0.5, 0.6) is 0 Å². The van der Waals surface area contributed by atoms with Crippen molar-refractivity contribution >= 4 is 17.5 Å². The number of nitrogens with zero attached hydrogens (tertiary/aromatic N) is 2. The highest BCUT2D eigenvalue weighted by atomic mass is 35.5. The van der Waals surface area contributed by atoms with Crippen LogP contribution in [0.4, 0.5) is 0 Å². The second-order valence-electron chi connectivity index (χ2n) is 6.31. The lowest BCUT2D eigenvalue weighted by Gasteiger charge is -2.06. The van der Waals surface area contributed by atoms with Crippen molar-refractivity contribution in [3.05, 3.63) is 51.8 Å². The summed E-state index contributed by atoms with van der Waals surface area (Å²) in [5, 5.41) is 8.21. The van der Waals surface area contributed by atoms with Crippen molar-refractivity contribution in [1.82, 2.24) is 15.1 Å². The highest BCUT2D eigenvalue weighted by molar-refractivity contribution is 6.30. The van der Waals surface area contributed by atoms with Crippen LogP contribution in [0.25, 0.3) is 0 Å². The maximum absolute atomic E-state index is 12.3. The lowest BCUT2D eigenvalue weighted by molar-refractivity contribution is -0.122. The molecule has 1 heterocycles. The van der Waals surface area contributed by atoms with E-state index >= 15 is 0 Å². The first-order valence-electron chi connectivity index (χ1n) is 7.99. The quantitative estimate of drug-likeness (QED) is 0.914. The predicted molar refractivity (Wildman–Crippen MR) is 91.7 cm³/mol. The third-order valence-corrected chi connectivity index (χ3v) is 5.01. The number of halogens is 1. The van der Waals surface area contributed by atoms with E-state index in [0.29, 0.717) is 12.5 Å². The smallest absolute Gasteiger partial charge is 0.223 e. The number of amides is 1. The average molecular weight is 332 g/mol. The van der Waals surface area contributed by atoms with Crippen molar-refractivity contribution in [3.63, 3.8) is 0 Å². The van der Waals surface area contributed by atoms with Gasteiger partial charge in [0.25, 0.3) is 0 Å². The minimum absolute atomic E-state index is 0.104. The van der Waals surface area contributed by atoms with Crippen molar-refractivity contribution < 1.29 is 4.79 Å². The maximum Gasteiger partial charge on any atom is 0.223 e. The summed E-state index contributed by atoms with van der Waals surface area (Å²) in [7, 11) is 1.95. The molecular formula is C18H22ClN3O. The van der Waals surface area contributed by atoms with Crippen LogP contribution < -0.4 is 5.32 Å². The Morgan fingerprint density at radius 2 is 2.04 bits per heavy atom. The van der Waals surface area contributed by atoms with Crippen LogP contribution in [0.15, 0.2) is 24.3 Å². The Morgan fingerprint density at radius 3 is 2.65 bits per heavy atom. The fourth-order valence-electron chi connectivity index (χ4n) is 3.18. The molecule has 5 heteroatoms. The van der Waals surface area contributed by atoms with E-state index in [1.807, 2.05) is 42.9 Å². The molecule has 0 radical (unpaired) electrons. The second-order valence-corrected chi connectivity index (χ2v) is 6.75. The van der Waals surface area contributed by atoms with E-state index in [-0.39, 0.29) is 11.8 Å². The van der Waals surface area contributed by atoms with Gasteiger partial charge in [-0.2, -0.15) is 5.10 Å². The van der Waals surface area contributed by atoms with Gasteiger partial charge >= 0.3 is 0 Å². The summed E-state index contributed by atoms with van der Waals surface area (Å²) in [5.74, 6) is 0.602. The number of carbonyl (C=O) groups excluding carboxylic acids is 1. The van der Waals surface area contributed by atoms with Crippen molar-refractivity contribution in [2.75, 3.05) is 6.54 Å². The first-order valence-corrected chi connectivity index (χ1v) is 8.37. The topological polar surface area (TPSA) is 46.9 Å². The fourth-order valence-corrected chi connectivity index (χ4v) is 3.31. The van der Waals surface area contributed by atoms with Crippen LogP contribution >= 0.6 is 11.6 Å². The summed E-state index contributed by atoms with van der Waals surface area (Å²) in [6.07, 6.45) is 1.76. The zero-order valence-corrected chi connectivity index (χ0v) is 14.5. The minimum atomic E-state index is 0.104. The van der Waals surface area contributed by atoms with Gasteiger partial charge in [-0.05, 0) is 55.9 Å². The van der Waals surface area contributed by atoms with Gasteiger partial charge in [0.1, 0.15) is 0 Å². The van der Waals surface area contributed by atoms with Crippen molar-refractivity contribution in [2.24, 2.45) is 13.0 Å². The average Bonchev–Trinajstić information content (AvgIpc) is 3.27. The van der Waals surface area contributed by atoms with Gasteiger partial charge in [0, 0.05) is 30.2 Å². The van der Waals surface area contributed by atoms with E-state index in [9.17, 15) is 4.79 Å². The van der Waals surface area contributed by atoms with Gasteiger partial charge in [0.15, 0.2) is 0 Å². The molecule has 3 rings (SSSR count). The van der Waals surface area contributed by atoms with Crippen LogP contribution in [0.2, 0.25) is 5.02 Å². The Hall–Kier alpha value is -1.81. The van der Waals surface area contributed by atoms with E-state index in [0.717, 1.165) is 23.6 Å². The lowest BCUT2D eigenvalue weighted by atomic mass is 10.1. The molecular weight excluding hydrogens is 310 g/mol. The fraction of sp³-hybridized carbons (Fsp3) is 0.444. The van der Waals surface area contributed by atoms with Crippen molar-refractivity contribution in [2.45, 2.75) is 32.6 Å². The van der Waals surface area contributed by atoms with E-state index in [2.05, 4.69) is 17.3 Å². The molecule has 0 spiro atoms. The molecule has 2 atom stereocenters. The van der Waals surface area contributed by atoms with Crippen LogP contribution in [0.1, 0.15) is 34.9 Å². The van der Waals surface area contributed by atoms with E-state index in [1.165, 1.54) is 16.8 Å². The SMILES string of the molecule is Cc1nn(C)c(C)c1CCNC(=O)[C@@H]1C[C@@H]1c1ccc(Cl)cc1. The first kappa shape index (κ1) is 16.1. The Bertz CT molecular complexity index is 721. The molecule has 1 aliphatic carbocycles. The molecule has 122 valence electrons. The number of hydrogen-bond acceptors (Lipinski definition) is 2. The third kappa shape index (κ3) is 3.42. The molecule has 1 N–H and O–H groups in total. The zero-order valence-electron chi connectivity index (χ0n) is 13.8. The van der Waals surface area contributed by atoms with Gasteiger partial charge < -0.3 is 5.32 Å². The molecule has 1 fully saturated rings. The van der Waals surface area contributed by atoms with Crippen LogP contribution in [0, 0.1) is 19.8 Å². The summed E-state index contributed by atoms with van der Waals surface area (Å²) >= 11 is 5.90. The van der Waals surface area contributed by atoms with E-state index in [1.54, 1.807) is 0 Å². The molecule has 1 aromatic carbocycles. The van der Waals surface area contributed by atoms with Crippen LogP contribution in [0.3, 0.4) is 0 Å². The molecule has 0 aliphatic heterocycles. The highest BCUT2D eigenvalue weighted by Gasteiger charge is 2.43. The van der Waals surface area contributed by atoms with Gasteiger partial charge in [-0.3, -0.25) is 9.48 Å². The summed E-state index contributed by atoms with van der Waals surface area (Å²) < 4.78 is 1.89. The highest BCUT2D eigenvalue weighted by Crippen LogP contribution is 2.47. The molecule has 0 unspecified atom stereocenters. The normalized spacial score (nSPS) is 19.7. The summed E-state index contributed by atoms with van der Waals surface area (Å²) in [6, 6.07) is 7.81. The molecule has 1 aromatic heterocycles. The number of nitrogens with one attached hydrogen (secondary N) is 1. The molecule has 23 heavy (non-hydrogen) atoms. The van der Waals surface area contributed by atoms with Gasteiger partial charge in [0.2, 0.25) is 5.91 Å². The Balaban J connectivity index is 1.50. The number of rotatable bonds is 5. The second kappa shape index (κ2) is 6.36. The standard InChI is InChI=1S/C18H22ClN3O/c1-11-15(12(2)22(3)21-11)8-9-20-18(23)17-10-16(17)13-4-6-14(19)7-5-13/h4-7,16-17H,8-10H2,1-3H3,(H,20,23)/t16-,17-/m1/s1. The Labute approximate surface area is 141 Å². The molecule has 1 saturated carbocycles. The Kier molecular flexibility index (Phi) is 4.44.